The second kappa shape index (κ2) is 10.4. The maximum atomic E-state index is 13.0. The molecule has 8 nitrogen and oxygen atoms in total. The van der Waals surface area contributed by atoms with Gasteiger partial charge in [0.1, 0.15) is 4.90 Å². The fourth-order valence-corrected chi connectivity index (χ4v) is 5.74. The molecule has 2 amide bonds. The monoisotopic (exact) mass is 499 g/mol. The number of anilines is 1. The summed E-state index contributed by atoms with van der Waals surface area (Å²) >= 11 is 12.6. The van der Waals surface area contributed by atoms with Gasteiger partial charge >= 0.3 is 6.09 Å². The maximum Gasteiger partial charge on any atom is 0.409 e. The van der Waals surface area contributed by atoms with Crippen LogP contribution in [-0.2, 0) is 19.4 Å². The first-order valence-electron chi connectivity index (χ1n) is 9.97. The molecule has 3 rings (SSSR count). The van der Waals surface area contributed by atoms with Crippen molar-refractivity contribution in [1.29, 1.82) is 0 Å². The summed E-state index contributed by atoms with van der Waals surface area (Å²) in [6.07, 6.45) is -0.391. The Hall–Kier alpha value is -2.49. The lowest BCUT2D eigenvalue weighted by atomic mass is 10.3. The zero-order chi connectivity index (χ0) is 23.3. The summed E-state index contributed by atoms with van der Waals surface area (Å²) in [6, 6.07) is 10.8. The highest BCUT2D eigenvalue weighted by Gasteiger charge is 2.27. The summed E-state index contributed by atoms with van der Waals surface area (Å²) in [7, 11) is -3.95. The molecule has 0 saturated carbocycles. The number of carbonyl (C=O) groups is 2. The van der Waals surface area contributed by atoms with Gasteiger partial charge in [0.25, 0.3) is 0 Å². The Labute approximate surface area is 197 Å². The van der Waals surface area contributed by atoms with E-state index >= 15 is 0 Å². The van der Waals surface area contributed by atoms with Crippen LogP contribution in [0.2, 0.25) is 10.0 Å². The third-order valence-corrected chi connectivity index (χ3v) is 7.75. The zero-order valence-corrected chi connectivity index (χ0v) is 19.7. The van der Waals surface area contributed by atoms with Crippen LogP contribution in [0.15, 0.2) is 52.3 Å². The van der Waals surface area contributed by atoms with Crippen molar-refractivity contribution < 1.29 is 22.7 Å². The largest absolute Gasteiger partial charge is 0.450 e. The number of carbonyl (C=O) groups excluding carboxylic acids is 2. The second-order valence-electron chi connectivity index (χ2n) is 6.97. The van der Waals surface area contributed by atoms with E-state index in [-0.39, 0.29) is 38.0 Å². The third-order valence-electron chi connectivity index (χ3n) is 4.96. The number of hydrogen-bond acceptors (Lipinski definition) is 6. The number of ether oxygens (including phenoxy) is 1. The Bertz CT molecular complexity index is 1090. The van der Waals surface area contributed by atoms with E-state index in [9.17, 15) is 18.0 Å². The van der Waals surface area contributed by atoms with Gasteiger partial charge in [0, 0.05) is 26.2 Å². The van der Waals surface area contributed by atoms with Gasteiger partial charge in [0.05, 0.1) is 33.8 Å². The van der Waals surface area contributed by atoms with Crippen molar-refractivity contribution in [3.05, 3.63) is 52.5 Å². The maximum absolute atomic E-state index is 13.0. The number of sulfone groups is 1. The molecule has 1 aliphatic rings. The normalized spacial score (nSPS) is 14.2. The molecule has 0 atom stereocenters. The summed E-state index contributed by atoms with van der Waals surface area (Å²) in [4.78, 5) is 27.4. The van der Waals surface area contributed by atoms with E-state index in [4.69, 9.17) is 27.9 Å². The molecular weight excluding hydrogens is 477 g/mol. The molecule has 1 fully saturated rings. The predicted octanol–water partition coefficient (Wildman–Crippen LogP) is 3.54. The molecule has 0 bridgehead atoms. The summed E-state index contributed by atoms with van der Waals surface area (Å²) in [5, 5.41) is 2.81. The highest BCUT2D eigenvalue weighted by molar-refractivity contribution is 7.91. The number of hydrogen-bond donors (Lipinski definition) is 1. The van der Waals surface area contributed by atoms with Gasteiger partial charge < -0.3 is 19.9 Å². The topological polar surface area (TPSA) is 96.0 Å². The van der Waals surface area contributed by atoms with Crippen molar-refractivity contribution in [3.63, 3.8) is 0 Å². The molecule has 172 valence electrons. The van der Waals surface area contributed by atoms with Crippen LogP contribution in [0.3, 0.4) is 0 Å². The molecule has 11 heteroatoms. The molecule has 0 spiro atoms. The van der Waals surface area contributed by atoms with Gasteiger partial charge in [-0.2, -0.15) is 0 Å². The van der Waals surface area contributed by atoms with Crippen LogP contribution in [-0.4, -0.2) is 69.5 Å². The minimum Gasteiger partial charge on any atom is -0.450 e. The van der Waals surface area contributed by atoms with Gasteiger partial charge in [-0.25, -0.2) is 13.2 Å². The average Bonchev–Trinajstić information content (AvgIpc) is 2.79. The van der Waals surface area contributed by atoms with Gasteiger partial charge in [0.15, 0.2) is 0 Å². The van der Waals surface area contributed by atoms with Crippen LogP contribution in [0.5, 0.6) is 0 Å². The molecule has 2 aromatic carbocycles. The van der Waals surface area contributed by atoms with Crippen molar-refractivity contribution in [2.24, 2.45) is 0 Å². The smallest absolute Gasteiger partial charge is 0.409 e. The van der Waals surface area contributed by atoms with E-state index in [0.717, 1.165) is 0 Å². The first-order valence-corrected chi connectivity index (χ1v) is 12.2. The molecule has 2 aromatic rings. The Balaban J connectivity index is 1.68. The minimum atomic E-state index is -3.95. The van der Waals surface area contributed by atoms with Gasteiger partial charge in [0.2, 0.25) is 15.7 Å². The first-order chi connectivity index (χ1) is 15.3. The highest BCUT2D eigenvalue weighted by atomic mass is 35.5. The quantitative estimate of drug-likeness (QED) is 0.652. The average molecular weight is 500 g/mol. The summed E-state index contributed by atoms with van der Waals surface area (Å²) in [5.41, 5.74) is 0.282. The number of nitrogens with zero attached hydrogens (tertiary/aromatic N) is 2. The van der Waals surface area contributed by atoms with Crippen molar-refractivity contribution >= 4 is 50.7 Å². The van der Waals surface area contributed by atoms with Gasteiger partial charge in [-0.3, -0.25) is 4.79 Å². The number of piperazine rings is 1. The Morgan fingerprint density at radius 1 is 1.00 bits per heavy atom. The highest BCUT2D eigenvalue weighted by Crippen LogP contribution is 2.38. The lowest BCUT2D eigenvalue weighted by Gasteiger charge is -2.34. The zero-order valence-electron chi connectivity index (χ0n) is 17.4. The number of halogens is 2. The minimum absolute atomic E-state index is 0.00850. The van der Waals surface area contributed by atoms with Crippen LogP contribution < -0.4 is 5.32 Å². The number of benzene rings is 2. The SMILES string of the molecule is CCOC(=O)N1CCN(C(=O)CNc2ccc(Cl)c(S(=O)(=O)c3ccccc3)c2Cl)CC1. The van der Waals surface area contributed by atoms with Crippen molar-refractivity contribution in [2.75, 3.05) is 44.6 Å². The number of amides is 2. The Morgan fingerprint density at radius 2 is 1.62 bits per heavy atom. The van der Waals surface area contributed by atoms with Gasteiger partial charge in [-0.15, -0.1) is 0 Å². The van der Waals surface area contributed by atoms with Crippen LogP contribution in [0, 0.1) is 0 Å². The molecule has 1 aliphatic heterocycles. The summed E-state index contributed by atoms with van der Waals surface area (Å²) in [6.45, 7) is 3.46. The molecule has 1 N–H and O–H groups in total. The van der Waals surface area contributed by atoms with E-state index < -0.39 is 15.9 Å². The van der Waals surface area contributed by atoms with Gasteiger partial charge in [-0.1, -0.05) is 41.4 Å². The molecule has 1 saturated heterocycles. The van der Waals surface area contributed by atoms with Crippen LogP contribution in [0.4, 0.5) is 10.5 Å². The fraction of sp³-hybridized carbons (Fsp3) is 0.333. The number of rotatable bonds is 6. The van der Waals surface area contributed by atoms with E-state index in [1.54, 1.807) is 34.9 Å². The van der Waals surface area contributed by atoms with E-state index in [0.29, 0.717) is 32.8 Å². The van der Waals surface area contributed by atoms with Crippen molar-refractivity contribution in [3.8, 4) is 0 Å². The molecule has 1 heterocycles. The fourth-order valence-electron chi connectivity index (χ4n) is 3.27. The third kappa shape index (κ3) is 5.28. The first kappa shape index (κ1) is 24.2. The summed E-state index contributed by atoms with van der Waals surface area (Å²) < 4.78 is 31.0. The summed E-state index contributed by atoms with van der Waals surface area (Å²) in [5.74, 6) is -0.202. The Morgan fingerprint density at radius 3 is 2.25 bits per heavy atom. The number of nitrogens with one attached hydrogen (secondary N) is 1. The molecule has 0 aromatic heterocycles. The van der Waals surface area contributed by atoms with Crippen molar-refractivity contribution in [1.82, 2.24) is 9.80 Å². The lowest BCUT2D eigenvalue weighted by molar-refractivity contribution is -0.130. The van der Waals surface area contributed by atoms with Crippen molar-refractivity contribution in [2.45, 2.75) is 16.7 Å². The van der Waals surface area contributed by atoms with E-state index in [1.807, 2.05) is 0 Å². The van der Waals surface area contributed by atoms with E-state index in [2.05, 4.69) is 5.32 Å². The van der Waals surface area contributed by atoms with Crippen LogP contribution in [0.1, 0.15) is 6.92 Å². The molecule has 0 aliphatic carbocycles. The molecular formula is C21H23Cl2N3O5S. The van der Waals surface area contributed by atoms with E-state index in [1.165, 1.54) is 24.3 Å². The van der Waals surface area contributed by atoms with Crippen LogP contribution >= 0.6 is 23.2 Å². The van der Waals surface area contributed by atoms with Gasteiger partial charge in [-0.05, 0) is 31.2 Å². The predicted molar refractivity (Wildman–Crippen MR) is 122 cm³/mol. The Kier molecular flexibility index (Phi) is 7.86. The lowest BCUT2D eigenvalue weighted by Crippen LogP contribution is -2.51. The molecule has 32 heavy (non-hydrogen) atoms. The molecule has 0 unspecified atom stereocenters. The van der Waals surface area contributed by atoms with Crippen LogP contribution in [0.25, 0.3) is 0 Å². The molecule has 0 radical (unpaired) electrons. The second-order valence-corrected chi connectivity index (χ2v) is 9.65. The standard InChI is InChI=1S/C21H23Cl2N3O5S/c1-2-31-21(28)26-12-10-25(11-13-26)18(27)14-24-17-9-8-16(22)20(19(17)23)32(29,30)15-6-4-3-5-7-15/h3-9,24H,2,10-14H2,1H3.